The van der Waals surface area contributed by atoms with Gasteiger partial charge in [0.15, 0.2) is 0 Å². The fourth-order valence-electron chi connectivity index (χ4n) is 5.72. The maximum atomic E-state index is 12.6. The van der Waals surface area contributed by atoms with Crippen molar-refractivity contribution in [2.24, 2.45) is 5.41 Å². The summed E-state index contributed by atoms with van der Waals surface area (Å²) in [4.78, 5) is 34.3. The van der Waals surface area contributed by atoms with Crippen LogP contribution in [0.5, 0.6) is 5.88 Å². The number of nitrogens with one attached hydrogen (secondary N) is 2. The van der Waals surface area contributed by atoms with Crippen LogP contribution in [-0.4, -0.2) is 46.0 Å². The predicted molar refractivity (Wildman–Crippen MR) is 147 cm³/mol. The van der Waals surface area contributed by atoms with E-state index in [-0.39, 0.29) is 17.0 Å². The number of pyridine rings is 2. The second-order valence-electron chi connectivity index (χ2n) is 12.9. The van der Waals surface area contributed by atoms with Gasteiger partial charge >= 0.3 is 12.2 Å². The molecule has 0 radical (unpaired) electrons. The minimum atomic E-state index is -0.612. The van der Waals surface area contributed by atoms with Crippen molar-refractivity contribution in [3.8, 4) is 5.88 Å². The van der Waals surface area contributed by atoms with Crippen LogP contribution in [0, 0.1) is 5.41 Å². The van der Waals surface area contributed by atoms with Crippen LogP contribution in [0.4, 0.5) is 15.3 Å². The normalized spacial score (nSPS) is 23.1. The van der Waals surface area contributed by atoms with E-state index >= 15 is 0 Å². The number of hydrogen-bond donors (Lipinski definition) is 2. The standard InChI is InChI=1S/C29H42N4O5/c1-26(2,3)37-24(34)31-21-18-30-20-8-9-22(36-7)32-23(20)19(21)10-11-28-12-15-29(16-13-28,17-14-28)33-25(35)38-27(4,5)6/h8-9,18H,10-17H2,1-7H3,(H,31,34)(H,33,35). The molecule has 2 heterocycles. The molecule has 9 heteroatoms. The summed E-state index contributed by atoms with van der Waals surface area (Å²) in [6.07, 6.45) is 8.47. The maximum Gasteiger partial charge on any atom is 0.412 e. The average molecular weight is 527 g/mol. The summed E-state index contributed by atoms with van der Waals surface area (Å²) in [5, 5.41) is 6.10. The van der Waals surface area contributed by atoms with Gasteiger partial charge in [0.05, 0.1) is 30.0 Å². The van der Waals surface area contributed by atoms with Crippen LogP contribution in [0.25, 0.3) is 11.0 Å². The van der Waals surface area contributed by atoms with Crippen molar-refractivity contribution >= 4 is 28.9 Å². The van der Waals surface area contributed by atoms with Crippen LogP contribution in [0.3, 0.4) is 0 Å². The molecule has 0 spiro atoms. The largest absolute Gasteiger partial charge is 0.481 e. The van der Waals surface area contributed by atoms with Gasteiger partial charge in [-0.25, -0.2) is 14.6 Å². The van der Waals surface area contributed by atoms with Crippen molar-refractivity contribution in [3.05, 3.63) is 23.9 Å². The van der Waals surface area contributed by atoms with Crippen LogP contribution in [0.1, 0.15) is 92.1 Å². The van der Waals surface area contributed by atoms with Gasteiger partial charge in [-0.15, -0.1) is 0 Å². The number of alkyl carbamates (subject to hydrolysis) is 1. The zero-order valence-electron chi connectivity index (χ0n) is 23.8. The number of methoxy groups -OCH3 is 1. The first-order valence-electron chi connectivity index (χ1n) is 13.5. The van der Waals surface area contributed by atoms with Gasteiger partial charge in [0.2, 0.25) is 5.88 Å². The molecule has 3 fully saturated rings. The summed E-state index contributed by atoms with van der Waals surface area (Å²) in [6.45, 7) is 11.2. The first-order chi connectivity index (χ1) is 17.7. The van der Waals surface area contributed by atoms with E-state index in [1.165, 1.54) is 0 Å². The lowest BCUT2D eigenvalue weighted by Crippen LogP contribution is -2.57. The number of amides is 2. The van der Waals surface area contributed by atoms with Crippen LogP contribution >= 0.6 is 0 Å². The molecule has 208 valence electrons. The molecule has 3 aliphatic rings. The Morgan fingerprint density at radius 3 is 2.11 bits per heavy atom. The third-order valence-electron chi connectivity index (χ3n) is 7.71. The van der Waals surface area contributed by atoms with Gasteiger partial charge in [-0.05, 0) is 104 Å². The Bertz CT molecular complexity index is 1170. The van der Waals surface area contributed by atoms with Crippen molar-refractivity contribution in [3.63, 3.8) is 0 Å². The molecule has 3 saturated carbocycles. The van der Waals surface area contributed by atoms with Gasteiger partial charge in [-0.3, -0.25) is 10.3 Å². The monoisotopic (exact) mass is 526 g/mol. The maximum absolute atomic E-state index is 12.6. The lowest BCUT2D eigenvalue weighted by molar-refractivity contribution is 0.000936. The zero-order chi connectivity index (χ0) is 27.8. The summed E-state index contributed by atoms with van der Waals surface area (Å²) in [7, 11) is 1.59. The Morgan fingerprint density at radius 2 is 1.53 bits per heavy atom. The van der Waals surface area contributed by atoms with E-state index in [0.29, 0.717) is 11.6 Å². The lowest BCUT2D eigenvalue weighted by atomic mass is 9.55. The minimum absolute atomic E-state index is 0.175. The van der Waals surface area contributed by atoms with E-state index in [0.717, 1.165) is 68.0 Å². The van der Waals surface area contributed by atoms with Crippen LogP contribution in [-0.2, 0) is 15.9 Å². The Kier molecular flexibility index (Phi) is 7.51. The van der Waals surface area contributed by atoms with E-state index in [2.05, 4.69) is 15.6 Å². The highest BCUT2D eigenvalue weighted by Gasteiger charge is 2.49. The number of ether oxygens (including phenoxy) is 3. The molecule has 2 amide bonds. The Labute approximate surface area is 225 Å². The topological polar surface area (TPSA) is 112 Å². The van der Waals surface area contributed by atoms with Gasteiger partial charge in [-0.2, -0.15) is 0 Å². The average Bonchev–Trinajstić information content (AvgIpc) is 2.81. The van der Waals surface area contributed by atoms with Crippen LogP contribution < -0.4 is 15.4 Å². The second kappa shape index (κ2) is 10.2. The van der Waals surface area contributed by atoms with Crippen molar-refractivity contribution < 1.29 is 23.8 Å². The van der Waals surface area contributed by atoms with Crippen LogP contribution in [0.2, 0.25) is 0 Å². The van der Waals surface area contributed by atoms with Crippen LogP contribution in [0.15, 0.2) is 18.3 Å². The number of aromatic nitrogens is 2. The third kappa shape index (κ3) is 6.66. The molecule has 2 aromatic heterocycles. The summed E-state index contributed by atoms with van der Waals surface area (Å²) in [6, 6.07) is 3.68. The lowest BCUT2D eigenvalue weighted by Gasteiger charge is -2.53. The fraction of sp³-hybridized carbons (Fsp3) is 0.655. The van der Waals surface area contributed by atoms with E-state index in [4.69, 9.17) is 19.2 Å². The molecular formula is C29H42N4O5. The number of nitrogens with zero attached hydrogens (tertiary/aromatic N) is 2. The number of fused-ring (bicyclic) bond motifs is 4. The van der Waals surface area contributed by atoms with Gasteiger partial charge in [0, 0.05) is 17.2 Å². The highest BCUT2D eigenvalue weighted by atomic mass is 16.6. The number of aryl methyl sites for hydroxylation is 1. The Hall–Kier alpha value is -3.10. The molecule has 5 rings (SSSR count). The predicted octanol–water partition coefficient (Wildman–Crippen LogP) is 6.54. The Morgan fingerprint density at radius 1 is 0.921 bits per heavy atom. The molecule has 2 bridgehead atoms. The molecule has 0 saturated heterocycles. The number of anilines is 1. The smallest absolute Gasteiger partial charge is 0.412 e. The van der Waals surface area contributed by atoms with E-state index in [1.54, 1.807) is 19.4 Å². The first kappa shape index (κ1) is 27.9. The van der Waals surface area contributed by atoms with Gasteiger partial charge in [-0.1, -0.05) is 0 Å². The van der Waals surface area contributed by atoms with Gasteiger partial charge < -0.3 is 19.5 Å². The summed E-state index contributed by atoms with van der Waals surface area (Å²) in [5.41, 5.74) is 1.91. The summed E-state index contributed by atoms with van der Waals surface area (Å²) >= 11 is 0. The molecule has 0 aliphatic heterocycles. The van der Waals surface area contributed by atoms with E-state index in [1.807, 2.05) is 47.6 Å². The van der Waals surface area contributed by atoms with Crippen molar-refractivity contribution in [2.75, 3.05) is 12.4 Å². The van der Waals surface area contributed by atoms with Gasteiger partial charge in [0.1, 0.15) is 11.2 Å². The summed E-state index contributed by atoms with van der Waals surface area (Å²) in [5.74, 6) is 0.501. The number of rotatable bonds is 6. The quantitative estimate of drug-likeness (QED) is 0.440. The summed E-state index contributed by atoms with van der Waals surface area (Å²) < 4.78 is 16.4. The fourth-order valence-corrected chi connectivity index (χ4v) is 5.72. The molecule has 0 aromatic carbocycles. The molecule has 0 unspecified atom stereocenters. The third-order valence-corrected chi connectivity index (χ3v) is 7.71. The second-order valence-corrected chi connectivity index (χ2v) is 12.9. The van der Waals surface area contributed by atoms with E-state index < -0.39 is 17.3 Å². The number of carbonyl (C=O) groups is 2. The van der Waals surface area contributed by atoms with Crippen molar-refractivity contribution in [1.29, 1.82) is 0 Å². The molecule has 2 N–H and O–H groups in total. The Balaban J connectivity index is 1.51. The molecule has 3 aliphatic carbocycles. The highest BCUT2D eigenvalue weighted by Crippen LogP contribution is 2.54. The first-order valence-corrected chi connectivity index (χ1v) is 13.5. The molecule has 0 atom stereocenters. The zero-order valence-corrected chi connectivity index (χ0v) is 23.8. The van der Waals surface area contributed by atoms with Crippen molar-refractivity contribution in [2.45, 2.75) is 110 Å². The minimum Gasteiger partial charge on any atom is -0.481 e. The van der Waals surface area contributed by atoms with E-state index in [9.17, 15) is 9.59 Å². The molecule has 9 nitrogen and oxygen atoms in total. The highest BCUT2D eigenvalue weighted by molar-refractivity contribution is 5.91. The number of carbonyl (C=O) groups excluding carboxylic acids is 2. The molecular weight excluding hydrogens is 484 g/mol. The molecule has 38 heavy (non-hydrogen) atoms. The SMILES string of the molecule is COc1ccc2ncc(NC(=O)OC(C)(C)C)c(CCC34CCC(NC(=O)OC(C)(C)C)(CC3)CC4)c2n1. The number of hydrogen-bond acceptors (Lipinski definition) is 7. The van der Waals surface area contributed by atoms with Gasteiger partial charge in [0.25, 0.3) is 0 Å². The van der Waals surface area contributed by atoms with Crippen molar-refractivity contribution in [1.82, 2.24) is 15.3 Å². The molecule has 2 aromatic rings.